The summed E-state index contributed by atoms with van der Waals surface area (Å²) in [6, 6.07) is -0.283. The molecule has 2 rings (SSSR count). The number of rotatable bonds is 1. The zero-order chi connectivity index (χ0) is 12.6. The van der Waals surface area contributed by atoms with E-state index in [4.69, 9.17) is 5.73 Å². The van der Waals surface area contributed by atoms with Crippen molar-refractivity contribution in [1.82, 2.24) is 5.32 Å². The van der Waals surface area contributed by atoms with Crippen LogP contribution >= 0.6 is 0 Å². The van der Waals surface area contributed by atoms with Gasteiger partial charge in [-0.15, -0.1) is 0 Å². The van der Waals surface area contributed by atoms with Crippen molar-refractivity contribution in [3.8, 4) is 0 Å². The normalized spacial score (nSPS) is 34.4. The van der Waals surface area contributed by atoms with Gasteiger partial charge in [-0.3, -0.25) is 0 Å². The second kappa shape index (κ2) is 4.31. The number of amidine groups is 1. The van der Waals surface area contributed by atoms with E-state index in [1.54, 1.807) is 0 Å². The smallest absolute Gasteiger partial charge is 0.343 e. The third-order valence-corrected chi connectivity index (χ3v) is 4.30. The highest BCUT2D eigenvalue weighted by Gasteiger charge is 2.36. The van der Waals surface area contributed by atoms with Crippen LogP contribution in [0.5, 0.6) is 0 Å². The Bertz CT molecular complexity index is 335. The minimum absolute atomic E-state index is 0.0107. The lowest BCUT2D eigenvalue weighted by Gasteiger charge is -2.38. The molecule has 1 fully saturated rings. The summed E-state index contributed by atoms with van der Waals surface area (Å²) in [5, 5.41) is 2.86. The summed E-state index contributed by atoms with van der Waals surface area (Å²) < 4.78 is 0. The van der Waals surface area contributed by atoms with Gasteiger partial charge in [0.05, 0.1) is 6.04 Å². The van der Waals surface area contributed by atoms with Crippen LogP contribution in [0.15, 0.2) is 4.99 Å². The molecule has 2 amide bonds. The number of aliphatic imine (C=N–C) groups is 1. The summed E-state index contributed by atoms with van der Waals surface area (Å²) in [4.78, 5) is 14.9. The van der Waals surface area contributed by atoms with Crippen LogP contribution in [0.4, 0.5) is 4.79 Å². The van der Waals surface area contributed by atoms with Crippen LogP contribution in [0.3, 0.4) is 0 Å². The number of carbonyl (C=O) groups is 1. The molecular formula is C13H23N3O. The van der Waals surface area contributed by atoms with E-state index in [0.29, 0.717) is 17.2 Å². The predicted octanol–water partition coefficient (Wildman–Crippen LogP) is 2.29. The molecule has 0 aromatic rings. The fraction of sp³-hybridized carbons (Fsp3) is 0.846. The largest absolute Gasteiger partial charge is 0.385 e. The molecule has 2 aliphatic rings. The fourth-order valence-electron chi connectivity index (χ4n) is 3.10. The fourth-order valence-corrected chi connectivity index (χ4v) is 3.10. The van der Waals surface area contributed by atoms with Gasteiger partial charge in [0, 0.05) is 0 Å². The van der Waals surface area contributed by atoms with Crippen LogP contribution in [-0.2, 0) is 0 Å². The second-order valence-corrected chi connectivity index (χ2v) is 6.44. The van der Waals surface area contributed by atoms with Gasteiger partial charge in [-0.05, 0) is 42.9 Å². The van der Waals surface area contributed by atoms with Gasteiger partial charge in [-0.2, -0.15) is 4.99 Å². The molecule has 17 heavy (non-hydrogen) atoms. The first-order valence-electron chi connectivity index (χ1n) is 6.52. The SMILES string of the molecule is CC(C)(C)C1CCC(C2NC(=O)N=C2N)CC1. The summed E-state index contributed by atoms with van der Waals surface area (Å²) >= 11 is 0. The molecule has 0 aromatic carbocycles. The van der Waals surface area contributed by atoms with Gasteiger partial charge < -0.3 is 11.1 Å². The van der Waals surface area contributed by atoms with Crippen LogP contribution in [-0.4, -0.2) is 17.9 Å². The minimum atomic E-state index is -0.273. The number of amides is 2. The van der Waals surface area contributed by atoms with Crippen molar-refractivity contribution < 1.29 is 4.79 Å². The minimum Gasteiger partial charge on any atom is -0.385 e. The molecule has 0 bridgehead atoms. The molecule has 3 N–H and O–H groups in total. The van der Waals surface area contributed by atoms with Gasteiger partial charge in [-0.1, -0.05) is 20.8 Å². The van der Waals surface area contributed by atoms with E-state index in [2.05, 4.69) is 31.1 Å². The number of urea groups is 1. The first kappa shape index (κ1) is 12.4. The van der Waals surface area contributed by atoms with Crippen molar-refractivity contribution in [3.63, 3.8) is 0 Å². The van der Waals surface area contributed by atoms with Gasteiger partial charge in [0.25, 0.3) is 0 Å². The Labute approximate surface area is 103 Å². The standard InChI is InChI=1S/C13H23N3O/c1-13(2,3)9-6-4-8(5-7-9)10-11(14)16-12(17)15-10/h8-10H,4-7H2,1-3H3,(H3,14,15,16,17). The maximum Gasteiger partial charge on any atom is 0.343 e. The molecule has 1 unspecified atom stereocenters. The van der Waals surface area contributed by atoms with Gasteiger partial charge in [0.15, 0.2) is 0 Å². The lowest BCUT2D eigenvalue weighted by atomic mass is 9.68. The van der Waals surface area contributed by atoms with E-state index < -0.39 is 0 Å². The molecule has 1 heterocycles. The second-order valence-electron chi connectivity index (χ2n) is 6.44. The molecule has 0 saturated heterocycles. The van der Waals surface area contributed by atoms with E-state index in [1.807, 2.05) is 0 Å². The highest BCUT2D eigenvalue weighted by molar-refractivity contribution is 6.02. The Hall–Kier alpha value is -1.06. The number of carbonyl (C=O) groups excluding carboxylic acids is 1. The average molecular weight is 237 g/mol. The maximum absolute atomic E-state index is 11.2. The van der Waals surface area contributed by atoms with Crippen molar-refractivity contribution in [3.05, 3.63) is 0 Å². The first-order chi connectivity index (χ1) is 7.88. The number of nitrogens with one attached hydrogen (secondary N) is 1. The molecule has 1 aliphatic carbocycles. The number of hydrogen-bond donors (Lipinski definition) is 2. The summed E-state index contributed by atoms with van der Waals surface area (Å²) in [7, 11) is 0. The Morgan fingerprint density at radius 3 is 2.24 bits per heavy atom. The van der Waals surface area contributed by atoms with E-state index in [1.165, 1.54) is 12.8 Å². The molecule has 96 valence electrons. The topological polar surface area (TPSA) is 67.5 Å². The molecule has 1 atom stereocenters. The third kappa shape index (κ3) is 2.61. The van der Waals surface area contributed by atoms with Crippen LogP contribution in [0.25, 0.3) is 0 Å². The highest BCUT2D eigenvalue weighted by Crippen LogP contribution is 2.40. The van der Waals surface area contributed by atoms with E-state index in [9.17, 15) is 4.79 Å². The summed E-state index contributed by atoms with van der Waals surface area (Å²) in [6.07, 6.45) is 4.74. The van der Waals surface area contributed by atoms with E-state index >= 15 is 0 Å². The van der Waals surface area contributed by atoms with Crippen molar-refractivity contribution in [2.45, 2.75) is 52.5 Å². The molecule has 1 saturated carbocycles. The first-order valence-corrected chi connectivity index (χ1v) is 6.52. The lowest BCUT2D eigenvalue weighted by Crippen LogP contribution is -2.44. The molecule has 1 aliphatic heterocycles. The zero-order valence-corrected chi connectivity index (χ0v) is 11.0. The third-order valence-electron chi connectivity index (χ3n) is 4.30. The van der Waals surface area contributed by atoms with Crippen LogP contribution in [0.1, 0.15) is 46.5 Å². The highest BCUT2D eigenvalue weighted by atomic mass is 16.2. The van der Waals surface area contributed by atoms with Crippen molar-refractivity contribution in [2.24, 2.45) is 28.0 Å². The zero-order valence-electron chi connectivity index (χ0n) is 11.0. The van der Waals surface area contributed by atoms with Gasteiger partial charge >= 0.3 is 6.03 Å². The van der Waals surface area contributed by atoms with Gasteiger partial charge in [0.1, 0.15) is 5.84 Å². The molecule has 0 aromatic heterocycles. The maximum atomic E-state index is 11.2. The summed E-state index contributed by atoms with van der Waals surface area (Å²) in [5.74, 6) is 1.74. The molecule has 0 spiro atoms. The molecule has 4 nitrogen and oxygen atoms in total. The van der Waals surface area contributed by atoms with Crippen LogP contribution in [0.2, 0.25) is 0 Å². The summed E-state index contributed by atoms with van der Waals surface area (Å²) in [6.45, 7) is 6.93. The van der Waals surface area contributed by atoms with Crippen LogP contribution in [0, 0.1) is 17.3 Å². The summed E-state index contributed by atoms with van der Waals surface area (Å²) in [5.41, 5.74) is 6.18. The monoisotopic (exact) mass is 237 g/mol. The van der Waals surface area contributed by atoms with E-state index in [-0.39, 0.29) is 12.1 Å². The Kier molecular flexibility index (Phi) is 3.15. The number of hydrogen-bond acceptors (Lipinski definition) is 2. The Balaban J connectivity index is 1.92. The molecule has 4 heteroatoms. The van der Waals surface area contributed by atoms with Crippen molar-refractivity contribution in [1.29, 1.82) is 0 Å². The lowest BCUT2D eigenvalue weighted by molar-refractivity contribution is 0.144. The van der Waals surface area contributed by atoms with Crippen LogP contribution < -0.4 is 11.1 Å². The van der Waals surface area contributed by atoms with Crippen molar-refractivity contribution >= 4 is 11.9 Å². The quantitative estimate of drug-likeness (QED) is 0.734. The predicted molar refractivity (Wildman–Crippen MR) is 68.8 cm³/mol. The van der Waals surface area contributed by atoms with Gasteiger partial charge in [0.2, 0.25) is 0 Å². The Morgan fingerprint density at radius 2 is 1.82 bits per heavy atom. The van der Waals surface area contributed by atoms with Gasteiger partial charge in [-0.25, -0.2) is 4.79 Å². The van der Waals surface area contributed by atoms with Crippen molar-refractivity contribution in [2.75, 3.05) is 0 Å². The molecule has 0 radical (unpaired) electrons. The average Bonchev–Trinajstić information content (AvgIpc) is 2.57. The Morgan fingerprint density at radius 1 is 1.24 bits per heavy atom. The number of nitrogens with zero attached hydrogens (tertiary/aromatic N) is 1. The van der Waals surface area contributed by atoms with E-state index in [0.717, 1.165) is 18.8 Å². The molecular weight excluding hydrogens is 214 g/mol. The number of nitrogens with two attached hydrogens (primary N) is 1.